The van der Waals surface area contributed by atoms with Crippen LogP contribution in [0.3, 0.4) is 0 Å². The first-order valence-electron chi connectivity index (χ1n) is 4.03. The zero-order valence-electron chi connectivity index (χ0n) is 7.42. The number of hydrogen-bond donors (Lipinski definition) is 0. The van der Waals surface area contributed by atoms with Crippen LogP contribution in [0.25, 0.3) is 0 Å². The van der Waals surface area contributed by atoms with Crippen LogP contribution in [0.2, 0.25) is 0 Å². The van der Waals surface area contributed by atoms with Gasteiger partial charge in [0.25, 0.3) is 0 Å². The van der Waals surface area contributed by atoms with Crippen molar-refractivity contribution >= 4 is 28.6 Å². The molecular weight excluding hydrogens is 279 g/mol. The van der Waals surface area contributed by atoms with Crippen molar-refractivity contribution in [2.75, 3.05) is 7.11 Å². The molecule has 0 N–H and O–H groups in total. The van der Waals surface area contributed by atoms with E-state index in [9.17, 15) is 4.79 Å². The Morgan fingerprint density at radius 1 is 1.54 bits per heavy atom. The minimum Gasteiger partial charge on any atom is -0.469 e. The monoisotopic (exact) mass is 290 g/mol. The van der Waals surface area contributed by atoms with Crippen LogP contribution >= 0.6 is 22.6 Å². The highest BCUT2D eigenvalue weighted by molar-refractivity contribution is 14.1. The lowest BCUT2D eigenvalue weighted by atomic mass is 10.1. The molecule has 0 aromatic heterocycles. The van der Waals surface area contributed by atoms with Crippen molar-refractivity contribution in [2.24, 2.45) is 0 Å². The molecule has 1 aromatic rings. The van der Waals surface area contributed by atoms with Crippen LogP contribution in [0.4, 0.5) is 0 Å². The molecule has 0 aliphatic heterocycles. The maximum Gasteiger partial charge on any atom is 0.305 e. The van der Waals surface area contributed by atoms with Gasteiger partial charge in [0.15, 0.2) is 0 Å². The lowest BCUT2D eigenvalue weighted by Crippen LogP contribution is -2.01. The third-order valence-corrected chi connectivity index (χ3v) is 2.41. The fourth-order valence-electron chi connectivity index (χ4n) is 1.04. The third-order valence-electron chi connectivity index (χ3n) is 1.73. The van der Waals surface area contributed by atoms with Gasteiger partial charge in [-0.15, -0.1) is 0 Å². The summed E-state index contributed by atoms with van der Waals surface area (Å²) in [5, 5.41) is 0. The standard InChI is InChI=1S/C10H11IO2/c1-13-10(12)6-5-8-3-2-4-9(11)7-8/h2-4,7H,5-6H2,1H3. The van der Waals surface area contributed by atoms with E-state index < -0.39 is 0 Å². The van der Waals surface area contributed by atoms with Crippen molar-refractivity contribution in [3.05, 3.63) is 33.4 Å². The Morgan fingerprint density at radius 3 is 2.92 bits per heavy atom. The summed E-state index contributed by atoms with van der Waals surface area (Å²) in [6.07, 6.45) is 1.21. The molecule has 0 amide bonds. The maximum atomic E-state index is 10.8. The molecule has 0 spiro atoms. The van der Waals surface area contributed by atoms with Crippen molar-refractivity contribution in [2.45, 2.75) is 12.8 Å². The summed E-state index contributed by atoms with van der Waals surface area (Å²) in [7, 11) is 1.41. The Balaban J connectivity index is 2.50. The Bertz CT molecular complexity index is 297. The van der Waals surface area contributed by atoms with Gasteiger partial charge in [0.2, 0.25) is 0 Å². The number of halogens is 1. The van der Waals surface area contributed by atoms with E-state index in [4.69, 9.17) is 0 Å². The third kappa shape index (κ3) is 3.76. The Hall–Kier alpha value is -0.580. The molecule has 1 aromatic carbocycles. The van der Waals surface area contributed by atoms with Gasteiger partial charge in [0.05, 0.1) is 7.11 Å². The number of rotatable bonds is 3. The first kappa shape index (κ1) is 10.5. The second-order valence-electron chi connectivity index (χ2n) is 2.71. The van der Waals surface area contributed by atoms with Crippen molar-refractivity contribution in [3.63, 3.8) is 0 Å². The van der Waals surface area contributed by atoms with Crippen LogP contribution in [-0.4, -0.2) is 13.1 Å². The number of ether oxygens (including phenoxy) is 1. The number of carbonyl (C=O) groups excluding carboxylic acids is 1. The van der Waals surface area contributed by atoms with E-state index in [0.717, 1.165) is 6.42 Å². The van der Waals surface area contributed by atoms with Gasteiger partial charge in [-0.25, -0.2) is 0 Å². The average molecular weight is 290 g/mol. The molecule has 0 aliphatic rings. The number of aryl methyl sites for hydroxylation is 1. The highest BCUT2D eigenvalue weighted by atomic mass is 127. The average Bonchev–Trinajstić information content (AvgIpc) is 2.14. The van der Waals surface area contributed by atoms with Gasteiger partial charge in [-0.2, -0.15) is 0 Å². The highest BCUT2D eigenvalue weighted by Gasteiger charge is 2.00. The van der Waals surface area contributed by atoms with E-state index in [1.165, 1.54) is 16.2 Å². The van der Waals surface area contributed by atoms with E-state index >= 15 is 0 Å². The van der Waals surface area contributed by atoms with Crippen LogP contribution in [-0.2, 0) is 16.0 Å². The van der Waals surface area contributed by atoms with Crippen LogP contribution in [0.15, 0.2) is 24.3 Å². The number of methoxy groups -OCH3 is 1. The van der Waals surface area contributed by atoms with Crippen molar-refractivity contribution in [1.29, 1.82) is 0 Å². The van der Waals surface area contributed by atoms with Crippen molar-refractivity contribution < 1.29 is 9.53 Å². The minimum atomic E-state index is -0.154. The lowest BCUT2D eigenvalue weighted by molar-refractivity contribution is -0.140. The lowest BCUT2D eigenvalue weighted by Gasteiger charge is -2.00. The summed E-state index contributed by atoms with van der Waals surface area (Å²) in [4.78, 5) is 10.8. The molecular formula is C10H11IO2. The summed E-state index contributed by atoms with van der Waals surface area (Å²) in [6, 6.07) is 8.12. The summed E-state index contributed by atoms with van der Waals surface area (Å²) in [5.41, 5.74) is 1.18. The quantitative estimate of drug-likeness (QED) is 0.631. The molecule has 0 radical (unpaired) electrons. The molecule has 3 heteroatoms. The molecule has 1 rings (SSSR count). The largest absolute Gasteiger partial charge is 0.469 e. The molecule has 0 fully saturated rings. The molecule has 13 heavy (non-hydrogen) atoms. The molecule has 0 aliphatic carbocycles. The van der Waals surface area contributed by atoms with Gasteiger partial charge in [-0.05, 0) is 46.7 Å². The van der Waals surface area contributed by atoms with Gasteiger partial charge >= 0.3 is 5.97 Å². The van der Waals surface area contributed by atoms with E-state index in [2.05, 4.69) is 33.4 Å². The van der Waals surface area contributed by atoms with Crippen LogP contribution < -0.4 is 0 Å². The zero-order valence-corrected chi connectivity index (χ0v) is 9.58. The summed E-state index contributed by atoms with van der Waals surface area (Å²) in [6.45, 7) is 0. The zero-order chi connectivity index (χ0) is 9.68. The van der Waals surface area contributed by atoms with E-state index in [0.29, 0.717) is 6.42 Å². The molecule has 70 valence electrons. The highest BCUT2D eigenvalue weighted by Crippen LogP contribution is 2.09. The molecule has 2 nitrogen and oxygen atoms in total. The first-order chi connectivity index (χ1) is 6.22. The van der Waals surface area contributed by atoms with Gasteiger partial charge in [-0.3, -0.25) is 4.79 Å². The number of carbonyl (C=O) groups is 1. The van der Waals surface area contributed by atoms with Gasteiger partial charge in [-0.1, -0.05) is 12.1 Å². The summed E-state index contributed by atoms with van der Waals surface area (Å²) in [5.74, 6) is -0.154. The predicted molar refractivity (Wildman–Crippen MR) is 59.5 cm³/mol. The SMILES string of the molecule is COC(=O)CCc1cccc(I)c1. The molecule has 0 saturated heterocycles. The van der Waals surface area contributed by atoms with Crippen LogP contribution in [0.1, 0.15) is 12.0 Å². The van der Waals surface area contributed by atoms with Crippen molar-refractivity contribution in [3.8, 4) is 0 Å². The number of hydrogen-bond acceptors (Lipinski definition) is 2. The normalized spacial score (nSPS) is 9.69. The first-order valence-corrected chi connectivity index (χ1v) is 5.11. The predicted octanol–water partition coefficient (Wildman–Crippen LogP) is 2.40. The Labute approximate surface area is 91.4 Å². The fourth-order valence-corrected chi connectivity index (χ4v) is 1.65. The summed E-state index contributed by atoms with van der Waals surface area (Å²) >= 11 is 2.26. The van der Waals surface area contributed by atoms with Crippen LogP contribution in [0, 0.1) is 3.57 Å². The fraction of sp³-hybridized carbons (Fsp3) is 0.300. The van der Waals surface area contributed by atoms with E-state index in [1.807, 2.05) is 18.2 Å². The Morgan fingerprint density at radius 2 is 2.31 bits per heavy atom. The van der Waals surface area contributed by atoms with Gasteiger partial charge < -0.3 is 4.74 Å². The van der Waals surface area contributed by atoms with Gasteiger partial charge in [0, 0.05) is 9.99 Å². The molecule has 0 bridgehead atoms. The van der Waals surface area contributed by atoms with E-state index in [1.54, 1.807) is 0 Å². The summed E-state index contributed by atoms with van der Waals surface area (Å²) < 4.78 is 5.76. The van der Waals surface area contributed by atoms with Gasteiger partial charge in [0.1, 0.15) is 0 Å². The second kappa shape index (κ2) is 5.21. The Kier molecular flexibility index (Phi) is 4.21. The van der Waals surface area contributed by atoms with Crippen LogP contribution in [0.5, 0.6) is 0 Å². The molecule has 0 saturated carbocycles. The molecule has 0 unspecified atom stereocenters. The minimum absolute atomic E-state index is 0.154. The smallest absolute Gasteiger partial charge is 0.305 e. The molecule has 0 heterocycles. The van der Waals surface area contributed by atoms with Crippen molar-refractivity contribution in [1.82, 2.24) is 0 Å². The number of benzene rings is 1. The van der Waals surface area contributed by atoms with E-state index in [-0.39, 0.29) is 5.97 Å². The topological polar surface area (TPSA) is 26.3 Å². The molecule has 0 atom stereocenters. The maximum absolute atomic E-state index is 10.8. The number of esters is 1. The second-order valence-corrected chi connectivity index (χ2v) is 3.95.